The van der Waals surface area contributed by atoms with Crippen molar-refractivity contribution in [3.05, 3.63) is 65.2 Å². The fourth-order valence-corrected chi connectivity index (χ4v) is 2.96. The van der Waals surface area contributed by atoms with Crippen LogP contribution >= 0.6 is 0 Å². The van der Waals surface area contributed by atoms with Crippen molar-refractivity contribution in [3.8, 4) is 0 Å². The largest absolute Gasteiger partial charge is 0.416 e. The molecule has 0 heterocycles. The van der Waals surface area contributed by atoms with E-state index in [-0.39, 0.29) is 24.4 Å². The molecule has 0 spiro atoms. The van der Waals surface area contributed by atoms with E-state index < -0.39 is 17.2 Å². The summed E-state index contributed by atoms with van der Waals surface area (Å²) in [7, 11) is 0. The molecule has 1 aliphatic carbocycles. The van der Waals surface area contributed by atoms with Crippen LogP contribution in [0.3, 0.4) is 0 Å². The summed E-state index contributed by atoms with van der Waals surface area (Å²) >= 11 is 0. The van der Waals surface area contributed by atoms with Crippen molar-refractivity contribution >= 4 is 17.5 Å². The molecule has 4 nitrogen and oxygen atoms in total. The first-order valence-electron chi connectivity index (χ1n) is 9.84. The average molecular weight is 418 g/mol. The molecule has 1 fully saturated rings. The quantitative estimate of drug-likeness (QED) is 0.698. The Kier molecular flexibility index (Phi) is 5.92. The monoisotopic (exact) mass is 418 g/mol. The van der Waals surface area contributed by atoms with Crippen LogP contribution in [0.5, 0.6) is 0 Å². The van der Waals surface area contributed by atoms with E-state index in [0.717, 1.165) is 25.0 Å². The maximum atomic E-state index is 13.1. The van der Waals surface area contributed by atoms with E-state index in [1.54, 1.807) is 49.9 Å². The number of anilines is 1. The first-order chi connectivity index (χ1) is 13.9. The number of hydrogen-bond acceptors (Lipinski definition) is 2. The molecule has 1 aliphatic rings. The number of carbonyl (C=O) groups is 2. The predicted octanol–water partition coefficient (Wildman–Crippen LogP) is 5.49. The fraction of sp³-hybridized carbons (Fsp3) is 0.391. The summed E-state index contributed by atoms with van der Waals surface area (Å²) in [6.45, 7) is 5.64. The van der Waals surface area contributed by atoms with Gasteiger partial charge in [0, 0.05) is 29.3 Å². The van der Waals surface area contributed by atoms with Gasteiger partial charge in [-0.2, -0.15) is 13.2 Å². The second-order valence-electron chi connectivity index (χ2n) is 8.64. The Balaban J connectivity index is 1.76. The van der Waals surface area contributed by atoms with Crippen LogP contribution in [0.15, 0.2) is 48.5 Å². The molecule has 0 unspecified atom stereocenters. The highest BCUT2D eigenvalue weighted by Crippen LogP contribution is 2.32. The van der Waals surface area contributed by atoms with E-state index in [4.69, 9.17) is 0 Å². The third-order valence-electron chi connectivity index (χ3n) is 4.93. The lowest BCUT2D eigenvalue weighted by Gasteiger charge is -2.23. The van der Waals surface area contributed by atoms with Gasteiger partial charge in [-0.3, -0.25) is 9.59 Å². The van der Waals surface area contributed by atoms with E-state index in [2.05, 4.69) is 5.32 Å². The molecule has 0 bridgehead atoms. The van der Waals surface area contributed by atoms with Crippen LogP contribution in [0.25, 0.3) is 0 Å². The number of carbonyl (C=O) groups excluding carboxylic acids is 2. The molecule has 160 valence electrons. The molecular weight excluding hydrogens is 393 g/mol. The Labute approximate surface area is 174 Å². The van der Waals surface area contributed by atoms with Gasteiger partial charge in [0.1, 0.15) is 0 Å². The number of hydrogen-bond donors (Lipinski definition) is 1. The van der Waals surface area contributed by atoms with Crippen molar-refractivity contribution in [2.75, 3.05) is 5.32 Å². The molecule has 0 atom stereocenters. The van der Waals surface area contributed by atoms with Crippen LogP contribution in [-0.2, 0) is 17.5 Å². The van der Waals surface area contributed by atoms with Crippen LogP contribution in [0.1, 0.15) is 55.1 Å². The van der Waals surface area contributed by atoms with E-state index >= 15 is 0 Å². The summed E-state index contributed by atoms with van der Waals surface area (Å²) in [5.74, 6) is -0.361. The standard InChI is InChI=1S/C23H25F3N2O2/c1-22(2,3)21(30)27-18-6-4-5-16(13-18)20(29)28(19-11-12-19)14-15-7-9-17(10-8-15)23(24,25)26/h4-10,13,19H,11-12,14H2,1-3H3,(H,27,30). The van der Waals surface area contributed by atoms with Gasteiger partial charge in [0.25, 0.3) is 5.91 Å². The zero-order chi connectivity index (χ0) is 22.1. The highest BCUT2D eigenvalue weighted by Gasteiger charge is 2.34. The first kappa shape index (κ1) is 21.9. The van der Waals surface area contributed by atoms with Crippen LogP contribution in [0, 0.1) is 5.41 Å². The minimum atomic E-state index is -4.39. The number of halogens is 3. The molecule has 2 aromatic carbocycles. The first-order valence-corrected chi connectivity index (χ1v) is 9.84. The molecule has 7 heteroatoms. The topological polar surface area (TPSA) is 49.4 Å². The zero-order valence-corrected chi connectivity index (χ0v) is 17.2. The minimum absolute atomic E-state index is 0.0765. The maximum Gasteiger partial charge on any atom is 0.416 e. The molecule has 2 amide bonds. The lowest BCUT2D eigenvalue weighted by Crippen LogP contribution is -2.33. The van der Waals surface area contributed by atoms with Crippen molar-refractivity contribution in [2.45, 2.75) is 52.4 Å². The van der Waals surface area contributed by atoms with Crippen molar-refractivity contribution in [1.29, 1.82) is 0 Å². The minimum Gasteiger partial charge on any atom is -0.331 e. The number of nitrogens with one attached hydrogen (secondary N) is 1. The van der Waals surface area contributed by atoms with Gasteiger partial charge in [-0.1, -0.05) is 39.0 Å². The third-order valence-corrected chi connectivity index (χ3v) is 4.93. The molecule has 0 aromatic heterocycles. The summed E-state index contributed by atoms with van der Waals surface area (Å²) in [6, 6.07) is 11.7. The molecule has 30 heavy (non-hydrogen) atoms. The van der Waals surface area contributed by atoms with E-state index in [1.807, 2.05) is 0 Å². The van der Waals surface area contributed by atoms with Crippen molar-refractivity contribution in [2.24, 2.45) is 5.41 Å². The van der Waals surface area contributed by atoms with Crippen LogP contribution in [0.4, 0.5) is 18.9 Å². The Bertz CT molecular complexity index is 927. The molecule has 0 radical (unpaired) electrons. The number of benzene rings is 2. The van der Waals surface area contributed by atoms with Gasteiger partial charge in [-0.05, 0) is 48.7 Å². The lowest BCUT2D eigenvalue weighted by atomic mass is 9.95. The molecule has 1 N–H and O–H groups in total. The Morgan fingerprint density at radius 2 is 1.67 bits per heavy atom. The van der Waals surface area contributed by atoms with Crippen molar-refractivity contribution < 1.29 is 22.8 Å². The Morgan fingerprint density at radius 3 is 2.20 bits per heavy atom. The molecule has 0 saturated heterocycles. The van der Waals surface area contributed by atoms with Gasteiger partial charge in [0.2, 0.25) is 5.91 Å². The predicted molar refractivity (Wildman–Crippen MR) is 109 cm³/mol. The molecule has 0 aliphatic heterocycles. The second-order valence-corrected chi connectivity index (χ2v) is 8.64. The Morgan fingerprint density at radius 1 is 1.03 bits per heavy atom. The Hall–Kier alpha value is -2.83. The van der Waals surface area contributed by atoms with Crippen LogP contribution in [0.2, 0.25) is 0 Å². The molecule has 3 rings (SSSR count). The number of rotatable bonds is 5. The SMILES string of the molecule is CC(C)(C)C(=O)Nc1cccc(C(=O)N(Cc2ccc(C(F)(F)F)cc2)C2CC2)c1. The average Bonchev–Trinajstić information content (AvgIpc) is 3.50. The highest BCUT2D eigenvalue weighted by molar-refractivity contribution is 5.98. The molecule has 1 saturated carbocycles. The number of amides is 2. The third kappa shape index (κ3) is 5.40. The van der Waals surface area contributed by atoms with Crippen LogP contribution < -0.4 is 5.32 Å². The summed E-state index contributed by atoms with van der Waals surface area (Å²) in [6.07, 6.45) is -2.65. The van der Waals surface area contributed by atoms with Crippen molar-refractivity contribution in [3.63, 3.8) is 0 Å². The number of alkyl halides is 3. The molecular formula is C23H25F3N2O2. The zero-order valence-electron chi connectivity index (χ0n) is 17.2. The van der Waals surface area contributed by atoms with Gasteiger partial charge in [-0.15, -0.1) is 0 Å². The highest BCUT2D eigenvalue weighted by atomic mass is 19.4. The van der Waals surface area contributed by atoms with Gasteiger partial charge < -0.3 is 10.2 Å². The fourth-order valence-electron chi connectivity index (χ4n) is 2.96. The summed E-state index contributed by atoms with van der Waals surface area (Å²) in [4.78, 5) is 27.0. The summed E-state index contributed by atoms with van der Waals surface area (Å²) in [5.41, 5.74) is 0.327. The smallest absolute Gasteiger partial charge is 0.331 e. The maximum absolute atomic E-state index is 13.1. The van der Waals surface area contributed by atoms with Crippen molar-refractivity contribution in [1.82, 2.24) is 4.90 Å². The van der Waals surface area contributed by atoms with Gasteiger partial charge in [0.15, 0.2) is 0 Å². The summed E-state index contributed by atoms with van der Waals surface area (Å²) in [5, 5.41) is 2.81. The van der Waals surface area contributed by atoms with E-state index in [9.17, 15) is 22.8 Å². The van der Waals surface area contributed by atoms with E-state index in [1.165, 1.54) is 12.1 Å². The van der Waals surface area contributed by atoms with E-state index in [0.29, 0.717) is 16.8 Å². The van der Waals surface area contributed by atoms with Gasteiger partial charge in [-0.25, -0.2) is 0 Å². The lowest BCUT2D eigenvalue weighted by molar-refractivity contribution is -0.137. The van der Waals surface area contributed by atoms with Gasteiger partial charge >= 0.3 is 6.18 Å². The normalized spacial score (nSPS) is 14.3. The van der Waals surface area contributed by atoms with Gasteiger partial charge in [0.05, 0.1) is 5.56 Å². The second kappa shape index (κ2) is 8.13. The summed E-state index contributed by atoms with van der Waals surface area (Å²) < 4.78 is 38.3. The number of nitrogens with zero attached hydrogens (tertiary/aromatic N) is 1. The molecule has 2 aromatic rings. The van der Waals surface area contributed by atoms with Crippen LogP contribution in [-0.4, -0.2) is 22.8 Å².